The molecule has 2 fully saturated rings. The average molecular weight is 300 g/mol. The average Bonchev–Trinajstić information content (AvgIpc) is 2.62. The molecule has 0 aliphatic heterocycles. The molecule has 1 aromatic rings. The van der Waals surface area contributed by atoms with Crippen molar-refractivity contribution < 1.29 is 0 Å². The molecule has 0 radical (unpaired) electrons. The predicted molar refractivity (Wildman–Crippen MR) is 97.2 cm³/mol. The Bertz CT molecular complexity index is 457. The second-order valence-electron chi connectivity index (χ2n) is 7.20. The van der Waals surface area contributed by atoms with Gasteiger partial charge in [0.1, 0.15) is 0 Å². The van der Waals surface area contributed by atoms with Crippen LogP contribution in [0.25, 0.3) is 0 Å². The van der Waals surface area contributed by atoms with Crippen molar-refractivity contribution in [1.82, 2.24) is 0 Å². The second-order valence-corrected chi connectivity index (χ2v) is 7.20. The lowest BCUT2D eigenvalue weighted by Crippen LogP contribution is -2.12. The zero-order valence-corrected chi connectivity index (χ0v) is 14.4. The van der Waals surface area contributed by atoms with Crippen molar-refractivity contribution in [2.24, 2.45) is 0 Å². The van der Waals surface area contributed by atoms with Crippen LogP contribution in [-0.2, 0) is 0 Å². The molecular formula is C20H32N2. The standard InChI is InChI=1S/C20H32N2/c1-21-18-13-17(15-9-5-3-6-10-15)14-19(22-2)20(18)16-11-7-4-8-12-16/h13-16,21-22H,3-12H2,1-2H3. The summed E-state index contributed by atoms with van der Waals surface area (Å²) < 4.78 is 0. The zero-order chi connectivity index (χ0) is 15.4. The van der Waals surface area contributed by atoms with Crippen LogP contribution in [0.2, 0.25) is 0 Å². The van der Waals surface area contributed by atoms with Crippen molar-refractivity contribution in [3.05, 3.63) is 23.3 Å². The molecule has 122 valence electrons. The Morgan fingerprint density at radius 2 is 1.14 bits per heavy atom. The van der Waals surface area contributed by atoms with Crippen LogP contribution in [-0.4, -0.2) is 14.1 Å². The fourth-order valence-electron chi connectivity index (χ4n) is 4.59. The molecule has 2 nitrogen and oxygen atoms in total. The Morgan fingerprint density at radius 1 is 0.682 bits per heavy atom. The summed E-state index contributed by atoms with van der Waals surface area (Å²) >= 11 is 0. The van der Waals surface area contributed by atoms with Gasteiger partial charge in [0.25, 0.3) is 0 Å². The van der Waals surface area contributed by atoms with Crippen LogP contribution in [0.15, 0.2) is 12.1 Å². The maximum absolute atomic E-state index is 3.51. The van der Waals surface area contributed by atoms with Crippen LogP contribution in [0, 0.1) is 0 Å². The molecule has 0 bridgehead atoms. The fourth-order valence-corrected chi connectivity index (χ4v) is 4.59. The van der Waals surface area contributed by atoms with Crippen LogP contribution < -0.4 is 10.6 Å². The van der Waals surface area contributed by atoms with E-state index >= 15 is 0 Å². The Kier molecular flexibility index (Phi) is 5.28. The van der Waals surface area contributed by atoms with E-state index in [1.165, 1.54) is 75.6 Å². The lowest BCUT2D eigenvalue weighted by molar-refractivity contribution is 0.440. The van der Waals surface area contributed by atoms with Gasteiger partial charge in [0, 0.05) is 31.0 Å². The quantitative estimate of drug-likeness (QED) is 0.727. The molecule has 0 spiro atoms. The Morgan fingerprint density at radius 3 is 1.59 bits per heavy atom. The predicted octanol–water partition coefficient (Wildman–Crippen LogP) is 5.87. The molecule has 2 saturated carbocycles. The van der Waals surface area contributed by atoms with Gasteiger partial charge in [0.15, 0.2) is 0 Å². The Hall–Kier alpha value is -1.18. The minimum Gasteiger partial charge on any atom is -0.388 e. The van der Waals surface area contributed by atoms with E-state index in [4.69, 9.17) is 0 Å². The van der Waals surface area contributed by atoms with E-state index in [-0.39, 0.29) is 0 Å². The van der Waals surface area contributed by atoms with E-state index in [0.29, 0.717) is 0 Å². The largest absolute Gasteiger partial charge is 0.388 e. The fraction of sp³-hybridized carbons (Fsp3) is 0.700. The number of benzene rings is 1. The molecule has 2 heteroatoms. The van der Waals surface area contributed by atoms with Gasteiger partial charge in [-0.1, -0.05) is 38.5 Å². The van der Waals surface area contributed by atoms with E-state index in [1.54, 1.807) is 11.1 Å². The number of nitrogens with one attached hydrogen (secondary N) is 2. The van der Waals surface area contributed by atoms with Crippen molar-refractivity contribution in [3.8, 4) is 0 Å². The summed E-state index contributed by atoms with van der Waals surface area (Å²) in [4.78, 5) is 0. The van der Waals surface area contributed by atoms with Crippen molar-refractivity contribution in [2.75, 3.05) is 24.7 Å². The Labute approximate surface area is 136 Å². The summed E-state index contributed by atoms with van der Waals surface area (Å²) in [5, 5.41) is 7.01. The van der Waals surface area contributed by atoms with E-state index in [9.17, 15) is 0 Å². The highest BCUT2D eigenvalue weighted by Crippen LogP contribution is 2.43. The maximum atomic E-state index is 3.51. The van der Waals surface area contributed by atoms with E-state index in [2.05, 4.69) is 36.9 Å². The summed E-state index contributed by atoms with van der Waals surface area (Å²) in [5.74, 6) is 1.51. The summed E-state index contributed by atoms with van der Waals surface area (Å²) in [5.41, 5.74) is 5.84. The highest BCUT2D eigenvalue weighted by atomic mass is 14.9. The van der Waals surface area contributed by atoms with Gasteiger partial charge < -0.3 is 10.6 Å². The number of rotatable bonds is 4. The topological polar surface area (TPSA) is 24.1 Å². The van der Waals surface area contributed by atoms with E-state index in [1.807, 2.05) is 0 Å². The lowest BCUT2D eigenvalue weighted by Gasteiger charge is -2.29. The molecule has 2 N–H and O–H groups in total. The van der Waals surface area contributed by atoms with Gasteiger partial charge in [-0.3, -0.25) is 0 Å². The second kappa shape index (κ2) is 7.39. The highest BCUT2D eigenvalue weighted by molar-refractivity contribution is 5.69. The van der Waals surface area contributed by atoms with E-state index in [0.717, 1.165) is 11.8 Å². The van der Waals surface area contributed by atoms with Crippen molar-refractivity contribution >= 4 is 11.4 Å². The maximum Gasteiger partial charge on any atom is 0.0396 e. The smallest absolute Gasteiger partial charge is 0.0396 e. The minimum atomic E-state index is 0.735. The monoisotopic (exact) mass is 300 g/mol. The van der Waals surface area contributed by atoms with Gasteiger partial charge in [0.05, 0.1) is 0 Å². The first kappa shape index (κ1) is 15.7. The number of anilines is 2. The van der Waals surface area contributed by atoms with Gasteiger partial charge in [-0.2, -0.15) is 0 Å². The molecule has 3 rings (SSSR count). The third kappa shape index (κ3) is 3.26. The van der Waals surface area contributed by atoms with Crippen LogP contribution in [0.4, 0.5) is 11.4 Å². The van der Waals surface area contributed by atoms with Crippen molar-refractivity contribution in [3.63, 3.8) is 0 Å². The molecule has 0 amide bonds. The van der Waals surface area contributed by atoms with Gasteiger partial charge >= 0.3 is 0 Å². The van der Waals surface area contributed by atoms with Gasteiger partial charge in [0.2, 0.25) is 0 Å². The third-order valence-corrected chi connectivity index (χ3v) is 5.83. The summed E-state index contributed by atoms with van der Waals surface area (Å²) in [6.07, 6.45) is 13.9. The highest BCUT2D eigenvalue weighted by Gasteiger charge is 2.24. The molecular weight excluding hydrogens is 268 g/mol. The summed E-state index contributed by atoms with van der Waals surface area (Å²) in [7, 11) is 4.18. The third-order valence-electron chi connectivity index (χ3n) is 5.83. The van der Waals surface area contributed by atoms with Crippen molar-refractivity contribution in [2.45, 2.75) is 76.0 Å². The van der Waals surface area contributed by atoms with Crippen LogP contribution in [0.1, 0.15) is 87.2 Å². The number of hydrogen-bond acceptors (Lipinski definition) is 2. The number of hydrogen-bond donors (Lipinski definition) is 2. The minimum absolute atomic E-state index is 0.735. The van der Waals surface area contributed by atoms with Crippen LogP contribution in [0.3, 0.4) is 0 Å². The normalized spacial score (nSPS) is 20.8. The van der Waals surface area contributed by atoms with Crippen LogP contribution in [0.5, 0.6) is 0 Å². The van der Waals surface area contributed by atoms with Crippen molar-refractivity contribution in [1.29, 1.82) is 0 Å². The van der Waals surface area contributed by atoms with Gasteiger partial charge in [-0.25, -0.2) is 0 Å². The molecule has 2 aliphatic rings. The molecule has 0 aromatic heterocycles. The van der Waals surface area contributed by atoms with Gasteiger partial charge in [-0.05, 0) is 55.2 Å². The SMILES string of the molecule is CNc1cc(C2CCCCC2)cc(NC)c1C1CCCCC1. The molecule has 2 aliphatic carbocycles. The first-order chi connectivity index (χ1) is 10.8. The molecule has 0 unspecified atom stereocenters. The molecule has 0 saturated heterocycles. The summed E-state index contributed by atoms with van der Waals surface area (Å²) in [6, 6.07) is 4.92. The first-order valence-electron chi connectivity index (χ1n) is 9.37. The van der Waals surface area contributed by atoms with Gasteiger partial charge in [-0.15, -0.1) is 0 Å². The first-order valence-corrected chi connectivity index (χ1v) is 9.37. The van der Waals surface area contributed by atoms with Crippen LogP contribution >= 0.6 is 0 Å². The molecule has 0 atom stereocenters. The lowest BCUT2D eigenvalue weighted by atomic mass is 9.79. The van der Waals surface area contributed by atoms with E-state index < -0.39 is 0 Å². The Balaban J connectivity index is 1.94. The zero-order valence-electron chi connectivity index (χ0n) is 14.4. The summed E-state index contributed by atoms with van der Waals surface area (Å²) in [6.45, 7) is 0. The molecule has 1 aromatic carbocycles. The molecule has 22 heavy (non-hydrogen) atoms. The molecule has 0 heterocycles.